The molecule has 1 aromatic carbocycles. The van der Waals surface area contributed by atoms with Crippen molar-refractivity contribution in [1.82, 2.24) is 10.2 Å². The second kappa shape index (κ2) is 7.88. The molecule has 0 saturated carbocycles. The van der Waals surface area contributed by atoms with Crippen molar-refractivity contribution >= 4 is 33.4 Å². The number of hydrogen-bond acceptors (Lipinski definition) is 2. The summed E-state index contributed by atoms with van der Waals surface area (Å²) in [4.78, 5) is 14.2. The molecule has 0 aromatic heterocycles. The second-order valence-corrected chi connectivity index (χ2v) is 5.83. The molecule has 1 unspecified atom stereocenters. The van der Waals surface area contributed by atoms with Gasteiger partial charge in [-0.15, -0.1) is 0 Å². The molecule has 0 saturated heterocycles. The predicted molar refractivity (Wildman–Crippen MR) is 83.9 cm³/mol. The Hall–Kier alpha value is -0.580. The summed E-state index contributed by atoms with van der Waals surface area (Å²) in [5, 5.41) is 3.34. The number of halogens is 2. The molecule has 19 heavy (non-hydrogen) atoms. The number of hydrogen-bond donors (Lipinski definition) is 1. The van der Waals surface area contributed by atoms with Gasteiger partial charge in [-0.3, -0.25) is 4.79 Å². The smallest absolute Gasteiger partial charge is 0.252 e. The van der Waals surface area contributed by atoms with E-state index < -0.39 is 0 Å². The lowest BCUT2D eigenvalue weighted by atomic mass is 10.2. The summed E-state index contributed by atoms with van der Waals surface area (Å²) < 4.78 is 0.735. The third kappa shape index (κ3) is 4.79. The first kappa shape index (κ1) is 16.5. The minimum Gasteiger partial charge on any atom is -0.351 e. The number of nitrogens with one attached hydrogen (secondary N) is 1. The van der Waals surface area contributed by atoms with E-state index in [1.165, 1.54) is 0 Å². The molecule has 0 fully saturated rings. The van der Waals surface area contributed by atoms with E-state index in [-0.39, 0.29) is 5.91 Å². The van der Waals surface area contributed by atoms with Crippen LogP contribution in [0.3, 0.4) is 0 Å². The second-order valence-electron chi connectivity index (χ2n) is 4.60. The topological polar surface area (TPSA) is 32.3 Å². The summed E-state index contributed by atoms with van der Waals surface area (Å²) in [6.07, 6.45) is 1.10. The molecule has 0 spiro atoms. The number of amides is 1. The summed E-state index contributed by atoms with van der Waals surface area (Å²) in [7, 11) is 2.06. The monoisotopic (exact) mass is 346 g/mol. The van der Waals surface area contributed by atoms with Gasteiger partial charge in [-0.2, -0.15) is 0 Å². The van der Waals surface area contributed by atoms with Crippen molar-refractivity contribution in [2.24, 2.45) is 0 Å². The fraction of sp³-hybridized carbons (Fsp3) is 0.500. The number of rotatable bonds is 6. The van der Waals surface area contributed by atoms with E-state index in [2.05, 4.69) is 47.0 Å². The summed E-state index contributed by atoms with van der Waals surface area (Å²) >= 11 is 9.40. The average molecular weight is 348 g/mol. The normalized spacial score (nSPS) is 12.5. The molecule has 0 radical (unpaired) electrons. The molecular weight excluding hydrogens is 328 g/mol. The Bertz CT molecular complexity index is 439. The lowest BCUT2D eigenvalue weighted by Crippen LogP contribution is -2.37. The van der Waals surface area contributed by atoms with E-state index >= 15 is 0 Å². The highest BCUT2D eigenvalue weighted by atomic mass is 79.9. The van der Waals surface area contributed by atoms with Gasteiger partial charge in [0.2, 0.25) is 0 Å². The van der Waals surface area contributed by atoms with Crippen LogP contribution < -0.4 is 5.32 Å². The third-order valence-electron chi connectivity index (χ3n) is 3.29. The van der Waals surface area contributed by atoms with Crippen molar-refractivity contribution in [2.75, 3.05) is 20.1 Å². The Labute approximate surface area is 128 Å². The van der Waals surface area contributed by atoms with Crippen LogP contribution in [0.2, 0.25) is 5.02 Å². The van der Waals surface area contributed by atoms with E-state index in [9.17, 15) is 4.79 Å². The Morgan fingerprint density at radius 2 is 2.21 bits per heavy atom. The molecule has 1 amide bonds. The predicted octanol–water partition coefficient (Wildman–Crippen LogP) is 3.56. The van der Waals surface area contributed by atoms with Gasteiger partial charge in [0.05, 0.1) is 10.6 Å². The molecule has 3 nitrogen and oxygen atoms in total. The fourth-order valence-corrected chi connectivity index (χ4v) is 2.23. The van der Waals surface area contributed by atoms with Gasteiger partial charge in [0.1, 0.15) is 0 Å². The van der Waals surface area contributed by atoms with Gasteiger partial charge in [-0.05, 0) is 48.5 Å². The Morgan fingerprint density at radius 3 is 2.84 bits per heavy atom. The Kier molecular flexibility index (Phi) is 6.83. The number of nitrogens with zero attached hydrogens (tertiary/aromatic N) is 1. The van der Waals surface area contributed by atoms with Crippen LogP contribution in [0.5, 0.6) is 0 Å². The van der Waals surface area contributed by atoms with Crippen LogP contribution in [0, 0.1) is 0 Å². The van der Waals surface area contributed by atoms with Gasteiger partial charge in [0.15, 0.2) is 0 Å². The van der Waals surface area contributed by atoms with Crippen molar-refractivity contribution in [3.05, 3.63) is 33.3 Å². The SMILES string of the molecule is CCC(C)N(C)CCNC(=O)c1cccc(Br)c1Cl. The zero-order valence-electron chi connectivity index (χ0n) is 11.5. The van der Waals surface area contributed by atoms with Crippen molar-refractivity contribution in [3.63, 3.8) is 0 Å². The number of carbonyl (C=O) groups is 1. The highest BCUT2D eigenvalue weighted by Crippen LogP contribution is 2.25. The average Bonchev–Trinajstić information content (AvgIpc) is 2.40. The van der Waals surface area contributed by atoms with Crippen molar-refractivity contribution in [1.29, 1.82) is 0 Å². The van der Waals surface area contributed by atoms with Crippen LogP contribution >= 0.6 is 27.5 Å². The van der Waals surface area contributed by atoms with Crippen LogP contribution in [-0.4, -0.2) is 37.0 Å². The molecule has 106 valence electrons. The summed E-state index contributed by atoms with van der Waals surface area (Å²) in [6.45, 7) is 5.77. The lowest BCUT2D eigenvalue weighted by Gasteiger charge is -2.23. The van der Waals surface area contributed by atoms with E-state index in [0.717, 1.165) is 17.4 Å². The van der Waals surface area contributed by atoms with Crippen molar-refractivity contribution in [3.8, 4) is 0 Å². The largest absolute Gasteiger partial charge is 0.351 e. The molecule has 0 aliphatic carbocycles. The maximum atomic E-state index is 12.0. The summed E-state index contributed by atoms with van der Waals surface area (Å²) in [5.41, 5.74) is 0.502. The number of benzene rings is 1. The van der Waals surface area contributed by atoms with E-state index in [4.69, 9.17) is 11.6 Å². The summed E-state index contributed by atoms with van der Waals surface area (Å²) in [6, 6.07) is 5.86. The Balaban J connectivity index is 2.50. The van der Waals surface area contributed by atoms with Gasteiger partial charge in [0.25, 0.3) is 5.91 Å². The lowest BCUT2D eigenvalue weighted by molar-refractivity contribution is 0.0947. The molecule has 0 aliphatic heterocycles. The van der Waals surface area contributed by atoms with Crippen LogP contribution in [0.4, 0.5) is 0 Å². The summed E-state index contributed by atoms with van der Waals surface area (Å²) in [5.74, 6) is -0.135. The van der Waals surface area contributed by atoms with Crippen LogP contribution in [0.15, 0.2) is 22.7 Å². The molecule has 1 N–H and O–H groups in total. The minimum atomic E-state index is -0.135. The quantitative estimate of drug-likeness (QED) is 0.853. The molecule has 0 bridgehead atoms. The van der Waals surface area contributed by atoms with Crippen molar-refractivity contribution in [2.45, 2.75) is 26.3 Å². The zero-order chi connectivity index (χ0) is 14.4. The number of likely N-dealkylation sites (N-methyl/N-ethyl adjacent to an activating group) is 1. The third-order valence-corrected chi connectivity index (χ3v) is 4.59. The zero-order valence-corrected chi connectivity index (χ0v) is 13.9. The van der Waals surface area contributed by atoms with E-state index in [0.29, 0.717) is 23.2 Å². The molecule has 5 heteroatoms. The first-order valence-corrected chi connectivity index (χ1v) is 7.56. The van der Waals surface area contributed by atoms with Gasteiger partial charge in [0, 0.05) is 23.6 Å². The maximum Gasteiger partial charge on any atom is 0.252 e. The first-order valence-electron chi connectivity index (χ1n) is 6.39. The Morgan fingerprint density at radius 1 is 1.53 bits per heavy atom. The number of carbonyl (C=O) groups excluding carboxylic acids is 1. The van der Waals surface area contributed by atoms with Crippen LogP contribution in [-0.2, 0) is 0 Å². The molecule has 1 rings (SSSR count). The van der Waals surface area contributed by atoms with Crippen molar-refractivity contribution < 1.29 is 4.79 Å². The highest BCUT2D eigenvalue weighted by Gasteiger charge is 2.12. The van der Waals surface area contributed by atoms with E-state index in [1.807, 2.05) is 6.07 Å². The standard InChI is InChI=1S/C14H20BrClN2O/c1-4-10(2)18(3)9-8-17-14(19)11-6-5-7-12(15)13(11)16/h5-7,10H,4,8-9H2,1-3H3,(H,17,19). The van der Waals surface area contributed by atoms with Gasteiger partial charge < -0.3 is 10.2 Å². The first-order chi connectivity index (χ1) is 8.97. The van der Waals surface area contributed by atoms with Crippen LogP contribution in [0.1, 0.15) is 30.6 Å². The van der Waals surface area contributed by atoms with E-state index in [1.54, 1.807) is 12.1 Å². The molecule has 0 heterocycles. The molecule has 1 atom stereocenters. The van der Waals surface area contributed by atoms with Gasteiger partial charge >= 0.3 is 0 Å². The van der Waals surface area contributed by atoms with Gasteiger partial charge in [-0.25, -0.2) is 0 Å². The molecule has 1 aromatic rings. The minimum absolute atomic E-state index is 0.135. The highest BCUT2D eigenvalue weighted by molar-refractivity contribution is 9.10. The maximum absolute atomic E-state index is 12.0. The molecule has 0 aliphatic rings. The molecular formula is C14H20BrClN2O. The van der Waals surface area contributed by atoms with Crippen LogP contribution in [0.25, 0.3) is 0 Å². The fourth-order valence-electron chi connectivity index (χ4n) is 1.65. The van der Waals surface area contributed by atoms with Gasteiger partial charge in [-0.1, -0.05) is 24.6 Å².